The Kier molecular flexibility index (Phi) is 6.18. The fraction of sp³-hybridized carbons (Fsp3) is 0.250. The van der Waals surface area contributed by atoms with E-state index in [1.807, 2.05) is 0 Å². The number of nitrogens with zero attached hydrogens (tertiary/aromatic N) is 4. The predicted octanol–water partition coefficient (Wildman–Crippen LogP) is 3.45. The first-order valence-electron chi connectivity index (χ1n) is 11.3. The molecule has 11 nitrogen and oxygen atoms in total. The van der Waals surface area contributed by atoms with Crippen molar-refractivity contribution in [3.05, 3.63) is 81.7 Å². The van der Waals surface area contributed by atoms with E-state index in [4.69, 9.17) is 4.74 Å². The Bertz CT molecular complexity index is 1480. The summed E-state index contributed by atoms with van der Waals surface area (Å²) >= 11 is 0. The summed E-state index contributed by atoms with van der Waals surface area (Å²) in [5.74, 6) is -1.07. The molecule has 2 aliphatic rings. The van der Waals surface area contributed by atoms with Gasteiger partial charge in [0, 0.05) is 11.9 Å². The van der Waals surface area contributed by atoms with Crippen LogP contribution in [0.5, 0.6) is 0 Å². The van der Waals surface area contributed by atoms with Crippen LogP contribution in [0.3, 0.4) is 0 Å². The number of aromatic nitrogens is 2. The molecule has 38 heavy (non-hydrogen) atoms. The Balaban J connectivity index is 1.53. The van der Waals surface area contributed by atoms with E-state index in [-0.39, 0.29) is 35.7 Å². The second-order valence-electron chi connectivity index (χ2n) is 8.55. The third kappa shape index (κ3) is 4.49. The smallest absolute Gasteiger partial charge is 0.439 e. The molecule has 1 fully saturated rings. The largest absolute Gasteiger partial charge is 0.447 e. The van der Waals surface area contributed by atoms with Gasteiger partial charge in [-0.1, -0.05) is 17.3 Å². The molecule has 1 unspecified atom stereocenters. The summed E-state index contributed by atoms with van der Waals surface area (Å²) in [6.45, 7) is 1.50. The molecule has 1 saturated heterocycles. The molecule has 0 spiro atoms. The first-order chi connectivity index (χ1) is 18.0. The summed E-state index contributed by atoms with van der Waals surface area (Å²) in [6.07, 6.45) is -5.54. The number of H-pyrrole nitrogens is 1. The highest BCUT2D eigenvalue weighted by atomic mass is 19.4. The number of halogens is 3. The molecule has 3 aromatic rings. The van der Waals surface area contributed by atoms with E-state index < -0.39 is 35.8 Å². The standard InChI is InChI=1S/C24H20F3N5O6/c1-13-14(3-2-4-18(13)24(25,26)27)11-32-20(33)17(19-28-21(34)38-29-19)12-31(22(32)35)16-7-5-15(6-8-16)30-9-10-37-23(30)36/h2-8,12,20,33H,9-11H2,1H3,(H,28,29,34). The van der Waals surface area contributed by atoms with Crippen LogP contribution in [0.1, 0.15) is 22.5 Å². The Labute approximate surface area is 212 Å². The molecule has 3 amide bonds. The summed E-state index contributed by atoms with van der Waals surface area (Å²) in [6, 6.07) is 9.10. The maximum absolute atomic E-state index is 13.5. The van der Waals surface area contributed by atoms with Gasteiger partial charge in [-0.25, -0.2) is 14.4 Å². The monoisotopic (exact) mass is 531 g/mol. The third-order valence-electron chi connectivity index (χ3n) is 6.30. The topological polar surface area (TPSA) is 132 Å². The number of aliphatic hydroxyl groups is 1. The van der Waals surface area contributed by atoms with Crippen LogP contribution in [0.2, 0.25) is 0 Å². The average Bonchev–Trinajstić information content (AvgIpc) is 3.50. The molecule has 1 atom stereocenters. The number of alkyl halides is 3. The van der Waals surface area contributed by atoms with Crippen LogP contribution in [-0.4, -0.2) is 51.7 Å². The molecule has 0 saturated carbocycles. The van der Waals surface area contributed by atoms with Crippen molar-refractivity contribution in [2.24, 2.45) is 0 Å². The molecule has 1 aromatic heterocycles. The zero-order chi connectivity index (χ0) is 27.2. The van der Waals surface area contributed by atoms with E-state index in [1.54, 1.807) is 24.3 Å². The van der Waals surface area contributed by atoms with Crippen LogP contribution in [0, 0.1) is 6.92 Å². The van der Waals surface area contributed by atoms with Crippen molar-refractivity contribution in [2.45, 2.75) is 25.9 Å². The number of urea groups is 1. The second-order valence-corrected chi connectivity index (χ2v) is 8.55. The van der Waals surface area contributed by atoms with E-state index in [0.29, 0.717) is 17.9 Å². The van der Waals surface area contributed by atoms with Crippen LogP contribution in [0.4, 0.5) is 34.1 Å². The molecular formula is C24H20F3N5O6. The van der Waals surface area contributed by atoms with Crippen molar-refractivity contribution < 1.29 is 37.1 Å². The zero-order valence-electron chi connectivity index (χ0n) is 19.7. The van der Waals surface area contributed by atoms with E-state index in [2.05, 4.69) is 14.7 Å². The van der Waals surface area contributed by atoms with Gasteiger partial charge >= 0.3 is 24.1 Å². The molecule has 5 rings (SSSR count). The normalized spacial score (nSPS) is 18.2. The number of amides is 3. The number of hydrogen-bond acceptors (Lipinski definition) is 7. The molecule has 2 aliphatic heterocycles. The quantitative estimate of drug-likeness (QED) is 0.516. The number of rotatable bonds is 5. The summed E-state index contributed by atoms with van der Waals surface area (Å²) in [4.78, 5) is 42.8. The van der Waals surface area contributed by atoms with Crippen LogP contribution in [0.25, 0.3) is 5.57 Å². The Morgan fingerprint density at radius 1 is 1.11 bits per heavy atom. The van der Waals surface area contributed by atoms with Gasteiger partial charge in [-0.3, -0.25) is 24.2 Å². The van der Waals surface area contributed by atoms with Crippen LogP contribution >= 0.6 is 0 Å². The van der Waals surface area contributed by atoms with Crippen molar-refractivity contribution in [1.29, 1.82) is 0 Å². The van der Waals surface area contributed by atoms with Crippen molar-refractivity contribution in [3.63, 3.8) is 0 Å². The van der Waals surface area contributed by atoms with Gasteiger partial charge in [-0.15, -0.1) is 0 Å². The molecule has 0 bridgehead atoms. The third-order valence-corrected chi connectivity index (χ3v) is 6.30. The van der Waals surface area contributed by atoms with Gasteiger partial charge in [0.25, 0.3) is 0 Å². The zero-order valence-corrected chi connectivity index (χ0v) is 19.7. The predicted molar refractivity (Wildman–Crippen MR) is 126 cm³/mol. The molecule has 0 radical (unpaired) electrons. The molecule has 198 valence electrons. The number of ether oxygens (including phenoxy) is 1. The first-order valence-corrected chi connectivity index (χ1v) is 11.3. The highest BCUT2D eigenvalue weighted by Crippen LogP contribution is 2.35. The van der Waals surface area contributed by atoms with Crippen LogP contribution in [0.15, 0.2) is 58.0 Å². The van der Waals surface area contributed by atoms with E-state index >= 15 is 0 Å². The van der Waals surface area contributed by atoms with Crippen molar-refractivity contribution >= 4 is 29.1 Å². The fourth-order valence-electron chi connectivity index (χ4n) is 4.32. The molecule has 3 heterocycles. The number of carbonyl (C=O) groups is 2. The highest BCUT2D eigenvalue weighted by molar-refractivity contribution is 5.99. The van der Waals surface area contributed by atoms with Crippen LogP contribution < -0.4 is 15.6 Å². The number of anilines is 2. The van der Waals surface area contributed by atoms with Gasteiger partial charge in [0.2, 0.25) is 0 Å². The molecule has 0 aliphatic carbocycles. The average molecular weight is 531 g/mol. The number of aliphatic hydroxyl groups excluding tert-OH is 1. The lowest BCUT2D eigenvalue weighted by molar-refractivity contribution is -0.138. The molecule has 2 N–H and O–H groups in total. The van der Waals surface area contributed by atoms with E-state index in [9.17, 15) is 32.7 Å². The summed E-state index contributed by atoms with van der Waals surface area (Å²) in [5, 5.41) is 14.6. The molecule has 2 aromatic carbocycles. The lowest BCUT2D eigenvalue weighted by Gasteiger charge is -2.38. The minimum absolute atomic E-state index is 0.0349. The highest BCUT2D eigenvalue weighted by Gasteiger charge is 2.38. The summed E-state index contributed by atoms with van der Waals surface area (Å²) < 4.78 is 49.9. The second kappa shape index (κ2) is 9.37. The van der Waals surface area contributed by atoms with Gasteiger partial charge in [-0.2, -0.15) is 13.2 Å². The minimum Gasteiger partial charge on any atom is -0.447 e. The lowest BCUT2D eigenvalue weighted by Crippen LogP contribution is -2.50. The number of aromatic amines is 1. The Morgan fingerprint density at radius 3 is 2.42 bits per heavy atom. The first kappa shape index (κ1) is 25.1. The number of cyclic esters (lactones) is 1. The van der Waals surface area contributed by atoms with Crippen molar-refractivity contribution in [3.8, 4) is 0 Å². The number of hydrogen-bond donors (Lipinski definition) is 2. The maximum Gasteiger partial charge on any atom is 0.439 e. The van der Waals surface area contributed by atoms with Crippen LogP contribution in [-0.2, 0) is 17.5 Å². The van der Waals surface area contributed by atoms with Gasteiger partial charge in [-0.05, 0) is 48.4 Å². The SMILES string of the molecule is Cc1c(CN2C(=O)N(c3ccc(N4CCOC4=O)cc3)C=C(c3noc(=O)[nH]3)C2O)cccc1C(F)(F)F. The summed E-state index contributed by atoms with van der Waals surface area (Å²) in [5.41, 5.74) is 0.00423. The number of carbonyl (C=O) groups excluding carboxylic acids is 2. The maximum atomic E-state index is 13.5. The van der Waals surface area contributed by atoms with Gasteiger partial charge in [0.1, 0.15) is 6.61 Å². The number of nitrogens with one attached hydrogen (secondary N) is 1. The minimum atomic E-state index is -4.61. The van der Waals surface area contributed by atoms with Crippen molar-refractivity contribution in [2.75, 3.05) is 23.0 Å². The van der Waals surface area contributed by atoms with E-state index in [1.165, 1.54) is 30.2 Å². The Morgan fingerprint density at radius 2 is 1.82 bits per heavy atom. The fourth-order valence-corrected chi connectivity index (χ4v) is 4.32. The van der Waals surface area contributed by atoms with Gasteiger partial charge in [0.05, 0.1) is 29.9 Å². The lowest BCUT2D eigenvalue weighted by atomic mass is 10.0. The summed E-state index contributed by atoms with van der Waals surface area (Å²) in [7, 11) is 0. The Hall–Kier alpha value is -4.59. The number of benzene rings is 2. The molecule has 14 heteroatoms. The van der Waals surface area contributed by atoms with E-state index in [0.717, 1.165) is 15.9 Å². The van der Waals surface area contributed by atoms with Crippen molar-refractivity contribution in [1.82, 2.24) is 15.0 Å². The van der Waals surface area contributed by atoms with Gasteiger partial charge in [0.15, 0.2) is 12.1 Å². The molecular weight excluding hydrogens is 511 g/mol. The van der Waals surface area contributed by atoms with Gasteiger partial charge < -0.3 is 9.84 Å².